The van der Waals surface area contributed by atoms with Crippen LogP contribution in [-0.4, -0.2) is 15.7 Å². The number of aromatic nitrogens is 2. The van der Waals surface area contributed by atoms with E-state index in [0.717, 1.165) is 12.8 Å². The third-order valence-electron chi connectivity index (χ3n) is 3.36. The first-order valence-electron chi connectivity index (χ1n) is 5.60. The Morgan fingerprint density at radius 3 is 2.50 bits per heavy atom. The molecule has 0 saturated heterocycles. The molecule has 16 heavy (non-hydrogen) atoms. The van der Waals surface area contributed by atoms with Crippen LogP contribution < -0.4 is 0 Å². The van der Waals surface area contributed by atoms with Crippen molar-refractivity contribution in [2.24, 2.45) is 11.8 Å². The Balaban J connectivity index is 2.08. The maximum atomic E-state index is 12.9. The van der Waals surface area contributed by atoms with Gasteiger partial charge in [0, 0.05) is 18.9 Å². The average Bonchev–Trinajstić information content (AvgIpc) is 2.85. The molecule has 0 radical (unpaired) electrons. The molecule has 2 nitrogen and oxygen atoms in total. The first-order valence-corrected chi connectivity index (χ1v) is 5.60. The maximum Gasteiger partial charge on any atom is 0.393 e. The summed E-state index contributed by atoms with van der Waals surface area (Å²) in [5.74, 6) is -1.42. The third-order valence-corrected chi connectivity index (χ3v) is 3.36. The van der Waals surface area contributed by atoms with Gasteiger partial charge < -0.3 is 4.57 Å². The van der Waals surface area contributed by atoms with Crippen molar-refractivity contribution >= 4 is 0 Å². The minimum Gasteiger partial charge on any atom is -0.337 e. The van der Waals surface area contributed by atoms with Crippen molar-refractivity contribution in [3.63, 3.8) is 0 Å². The van der Waals surface area contributed by atoms with Crippen molar-refractivity contribution in [2.75, 3.05) is 0 Å². The van der Waals surface area contributed by atoms with Crippen LogP contribution >= 0.6 is 0 Å². The van der Waals surface area contributed by atoms with Crippen LogP contribution in [0.3, 0.4) is 0 Å². The second-order valence-corrected chi connectivity index (χ2v) is 4.45. The van der Waals surface area contributed by atoms with E-state index in [-0.39, 0.29) is 12.5 Å². The van der Waals surface area contributed by atoms with E-state index in [2.05, 4.69) is 4.98 Å². The summed E-state index contributed by atoms with van der Waals surface area (Å²) in [6.45, 7) is 0.00810. The number of hydrogen-bond acceptors (Lipinski definition) is 1. The molecule has 0 N–H and O–H groups in total. The van der Waals surface area contributed by atoms with Gasteiger partial charge in [-0.25, -0.2) is 4.98 Å². The van der Waals surface area contributed by atoms with Gasteiger partial charge in [0.2, 0.25) is 0 Å². The molecule has 1 aromatic heterocycles. The fourth-order valence-corrected chi connectivity index (χ4v) is 2.50. The molecule has 1 unspecified atom stereocenters. The normalized spacial score (nSPS) is 20.2. The Labute approximate surface area is 92.5 Å². The van der Waals surface area contributed by atoms with Crippen molar-refractivity contribution < 1.29 is 13.2 Å². The molecule has 1 aliphatic rings. The van der Waals surface area contributed by atoms with E-state index in [9.17, 15) is 13.2 Å². The van der Waals surface area contributed by atoms with E-state index >= 15 is 0 Å². The van der Waals surface area contributed by atoms with Crippen LogP contribution in [0.15, 0.2) is 18.7 Å². The van der Waals surface area contributed by atoms with Gasteiger partial charge in [-0.05, 0) is 18.8 Å². The summed E-state index contributed by atoms with van der Waals surface area (Å²) in [5, 5.41) is 0. The predicted molar refractivity (Wildman–Crippen MR) is 53.7 cm³/mol. The second-order valence-electron chi connectivity index (χ2n) is 4.45. The molecule has 1 heterocycles. The topological polar surface area (TPSA) is 17.8 Å². The summed E-state index contributed by atoms with van der Waals surface area (Å²) < 4.78 is 40.3. The Morgan fingerprint density at radius 2 is 2.00 bits per heavy atom. The molecule has 0 spiro atoms. The summed E-state index contributed by atoms with van der Waals surface area (Å²) in [5.41, 5.74) is 0. The van der Waals surface area contributed by atoms with Gasteiger partial charge in [-0.2, -0.15) is 13.2 Å². The predicted octanol–water partition coefficient (Wildman–Crippen LogP) is 3.25. The quantitative estimate of drug-likeness (QED) is 0.782. The summed E-state index contributed by atoms with van der Waals surface area (Å²) in [6, 6.07) is 0. The van der Waals surface area contributed by atoms with Crippen LogP contribution in [0.25, 0.3) is 0 Å². The zero-order valence-corrected chi connectivity index (χ0v) is 8.95. The highest BCUT2D eigenvalue weighted by Gasteiger charge is 2.45. The Kier molecular flexibility index (Phi) is 3.21. The van der Waals surface area contributed by atoms with Crippen LogP contribution in [0.5, 0.6) is 0 Å². The van der Waals surface area contributed by atoms with Gasteiger partial charge >= 0.3 is 6.18 Å². The zero-order valence-electron chi connectivity index (χ0n) is 8.95. The molecule has 0 bridgehead atoms. The molecule has 1 atom stereocenters. The lowest BCUT2D eigenvalue weighted by molar-refractivity contribution is -0.192. The number of rotatable bonds is 3. The number of hydrogen-bond donors (Lipinski definition) is 0. The number of halogens is 3. The lowest BCUT2D eigenvalue weighted by Gasteiger charge is -2.26. The molecular formula is C11H15F3N2. The highest BCUT2D eigenvalue weighted by atomic mass is 19.4. The minimum atomic E-state index is -4.10. The lowest BCUT2D eigenvalue weighted by atomic mass is 9.90. The van der Waals surface area contributed by atoms with Gasteiger partial charge in [0.15, 0.2) is 0 Å². The van der Waals surface area contributed by atoms with Gasteiger partial charge in [0.05, 0.1) is 12.2 Å². The molecule has 1 fully saturated rings. The average molecular weight is 232 g/mol. The van der Waals surface area contributed by atoms with Gasteiger partial charge in [0.1, 0.15) is 0 Å². The fraction of sp³-hybridized carbons (Fsp3) is 0.727. The molecule has 2 rings (SSSR count). The zero-order chi connectivity index (χ0) is 11.6. The van der Waals surface area contributed by atoms with E-state index in [0.29, 0.717) is 12.8 Å². The van der Waals surface area contributed by atoms with Crippen molar-refractivity contribution in [3.8, 4) is 0 Å². The van der Waals surface area contributed by atoms with Gasteiger partial charge in [-0.15, -0.1) is 0 Å². The lowest BCUT2D eigenvalue weighted by Crippen LogP contribution is -2.32. The second kappa shape index (κ2) is 4.47. The number of imidazole rings is 1. The van der Waals surface area contributed by atoms with E-state index < -0.39 is 12.1 Å². The first kappa shape index (κ1) is 11.5. The summed E-state index contributed by atoms with van der Waals surface area (Å²) >= 11 is 0. The van der Waals surface area contributed by atoms with Crippen LogP contribution in [0, 0.1) is 11.8 Å². The highest BCUT2D eigenvalue weighted by Crippen LogP contribution is 2.41. The third kappa shape index (κ3) is 2.57. The van der Waals surface area contributed by atoms with Crippen LogP contribution in [0.1, 0.15) is 25.7 Å². The van der Waals surface area contributed by atoms with Crippen LogP contribution in [-0.2, 0) is 6.54 Å². The molecule has 1 aliphatic carbocycles. The van der Waals surface area contributed by atoms with Crippen LogP contribution in [0.4, 0.5) is 13.2 Å². The summed E-state index contributed by atoms with van der Waals surface area (Å²) in [6.07, 6.45) is 3.74. The SMILES string of the molecule is FC(F)(F)C(Cn1ccnc1)C1CCCC1. The van der Waals surface area contributed by atoms with E-state index in [1.165, 1.54) is 17.1 Å². The molecule has 90 valence electrons. The molecule has 5 heteroatoms. The molecule has 0 aliphatic heterocycles. The number of alkyl halides is 3. The van der Waals surface area contributed by atoms with E-state index in [4.69, 9.17) is 0 Å². The number of nitrogens with zero attached hydrogens (tertiary/aromatic N) is 2. The summed E-state index contributed by atoms with van der Waals surface area (Å²) in [4.78, 5) is 3.78. The molecule has 1 aromatic rings. The van der Waals surface area contributed by atoms with Gasteiger partial charge in [-0.3, -0.25) is 0 Å². The monoisotopic (exact) mass is 232 g/mol. The minimum absolute atomic E-state index is 0.00810. The van der Waals surface area contributed by atoms with E-state index in [1.807, 2.05) is 0 Å². The van der Waals surface area contributed by atoms with Crippen molar-refractivity contribution in [3.05, 3.63) is 18.7 Å². The fourth-order valence-electron chi connectivity index (χ4n) is 2.50. The molecular weight excluding hydrogens is 217 g/mol. The molecule has 0 aromatic carbocycles. The van der Waals surface area contributed by atoms with Crippen LogP contribution in [0.2, 0.25) is 0 Å². The van der Waals surface area contributed by atoms with Gasteiger partial charge in [-0.1, -0.05) is 12.8 Å². The van der Waals surface area contributed by atoms with Crippen molar-refractivity contribution in [2.45, 2.75) is 38.4 Å². The highest BCUT2D eigenvalue weighted by molar-refractivity contribution is 4.83. The van der Waals surface area contributed by atoms with Crippen molar-refractivity contribution in [1.82, 2.24) is 9.55 Å². The van der Waals surface area contributed by atoms with Gasteiger partial charge in [0.25, 0.3) is 0 Å². The van der Waals surface area contributed by atoms with Crippen molar-refractivity contribution in [1.29, 1.82) is 0 Å². The Bertz CT molecular complexity index is 312. The Hall–Kier alpha value is -1.00. The maximum absolute atomic E-state index is 12.9. The first-order chi connectivity index (χ1) is 7.57. The Morgan fingerprint density at radius 1 is 1.31 bits per heavy atom. The standard InChI is InChI=1S/C11H15F3N2/c12-11(13,14)10(9-3-1-2-4-9)7-16-6-5-15-8-16/h5-6,8-10H,1-4,7H2. The molecule has 1 saturated carbocycles. The van der Waals surface area contributed by atoms with E-state index in [1.54, 1.807) is 6.20 Å². The largest absolute Gasteiger partial charge is 0.393 e. The molecule has 0 amide bonds. The summed E-state index contributed by atoms with van der Waals surface area (Å²) in [7, 11) is 0. The smallest absolute Gasteiger partial charge is 0.337 e.